The summed E-state index contributed by atoms with van der Waals surface area (Å²) in [6, 6.07) is 13.0. The van der Waals surface area contributed by atoms with Crippen molar-refractivity contribution >= 4 is 22.7 Å². The van der Waals surface area contributed by atoms with E-state index in [1.807, 2.05) is 30.3 Å². The number of methoxy groups -OCH3 is 2. The zero-order valence-corrected chi connectivity index (χ0v) is 10.8. The minimum Gasteiger partial charge on any atom is -0.468 e. The van der Waals surface area contributed by atoms with Gasteiger partial charge in [-0.1, -0.05) is 42.5 Å². The van der Waals surface area contributed by atoms with Crippen molar-refractivity contribution in [1.29, 1.82) is 0 Å². The molecule has 0 aliphatic rings. The summed E-state index contributed by atoms with van der Waals surface area (Å²) in [6.45, 7) is 0. The van der Waals surface area contributed by atoms with Gasteiger partial charge in [-0.3, -0.25) is 9.59 Å². The molecule has 0 aliphatic carbocycles. The standard InChI is InChI=1S/C15H14O4/c1-18-14(16)13(15(17)19-2)12-9-5-7-10-6-3-4-8-11(10)12/h3-9,13H,1-2H3. The van der Waals surface area contributed by atoms with Gasteiger partial charge in [0, 0.05) is 0 Å². The lowest BCUT2D eigenvalue weighted by molar-refractivity contribution is -0.154. The molecule has 0 heterocycles. The number of carbonyl (C=O) groups excluding carboxylic acids is 2. The van der Waals surface area contributed by atoms with E-state index in [0.29, 0.717) is 5.56 Å². The highest BCUT2D eigenvalue weighted by atomic mass is 16.5. The summed E-state index contributed by atoms with van der Waals surface area (Å²) in [5, 5.41) is 1.80. The molecule has 0 N–H and O–H groups in total. The second-order valence-electron chi connectivity index (χ2n) is 4.05. The quantitative estimate of drug-likeness (QED) is 0.626. The smallest absolute Gasteiger partial charge is 0.324 e. The second-order valence-corrected chi connectivity index (χ2v) is 4.05. The number of rotatable bonds is 3. The third kappa shape index (κ3) is 2.42. The molecular formula is C15H14O4. The molecule has 4 nitrogen and oxygen atoms in total. The van der Waals surface area contributed by atoms with E-state index in [4.69, 9.17) is 9.47 Å². The molecule has 0 saturated carbocycles. The zero-order valence-electron chi connectivity index (χ0n) is 10.8. The normalized spacial score (nSPS) is 10.5. The lowest BCUT2D eigenvalue weighted by atomic mass is 9.93. The van der Waals surface area contributed by atoms with Crippen LogP contribution in [0.4, 0.5) is 0 Å². The van der Waals surface area contributed by atoms with Crippen LogP contribution < -0.4 is 0 Å². The summed E-state index contributed by atoms with van der Waals surface area (Å²) < 4.78 is 9.40. The van der Waals surface area contributed by atoms with Crippen molar-refractivity contribution in [1.82, 2.24) is 0 Å². The zero-order chi connectivity index (χ0) is 13.8. The Hall–Kier alpha value is -2.36. The van der Waals surface area contributed by atoms with Gasteiger partial charge in [0.2, 0.25) is 0 Å². The van der Waals surface area contributed by atoms with Gasteiger partial charge in [-0.15, -0.1) is 0 Å². The molecule has 0 saturated heterocycles. The van der Waals surface area contributed by atoms with Gasteiger partial charge in [0.05, 0.1) is 14.2 Å². The van der Waals surface area contributed by atoms with Crippen LogP contribution in [0.5, 0.6) is 0 Å². The van der Waals surface area contributed by atoms with Crippen molar-refractivity contribution in [2.75, 3.05) is 14.2 Å². The first-order valence-electron chi connectivity index (χ1n) is 5.82. The molecule has 4 heteroatoms. The van der Waals surface area contributed by atoms with E-state index in [-0.39, 0.29) is 0 Å². The monoisotopic (exact) mass is 258 g/mol. The Labute approximate surface area is 110 Å². The number of esters is 2. The minimum atomic E-state index is -1.05. The van der Waals surface area contributed by atoms with Gasteiger partial charge in [0.25, 0.3) is 0 Å². The van der Waals surface area contributed by atoms with Crippen LogP contribution in [0, 0.1) is 0 Å². The third-order valence-corrected chi connectivity index (χ3v) is 3.01. The fourth-order valence-electron chi connectivity index (χ4n) is 2.09. The van der Waals surface area contributed by atoms with E-state index >= 15 is 0 Å². The molecule has 2 aromatic rings. The molecule has 0 atom stereocenters. The molecule has 0 amide bonds. The SMILES string of the molecule is COC(=O)C(C(=O)OC)c1cccc2ccccc12. The molecular weight excluding hydrogens is 244 g/mol. The lowest BCUT2D eigenvalue weighted by Crippen LogP contribution is -2.24. The van der Waals surface area contributed by atoms with Crippen molar-refractivity contribution in [3.05, 3.63) is 48.0 Å². The van der Waals surface area contributed by atoms with E-state index in [9.17, 15) is 9.59 Å². The van der Waals surface area contributed by atoms with Gasteiger partial charge in [-0.25, -0.2) is 0 Å². The fraction of sp³-hybridized carbons (Fsp3) is 0.200. The number of hydrogen-bond acceptors (Lipinski definition) is 4. The first kappa shape index (κ1) is 13.1. The van der Waals surface area contributed by atoms with Gasteiger partial charge in [-0.05, 0) is 16.3 Å². The molecule has 0 unspecified atom stereocenters. The summed E-state index contributed by atoms with van der Waals surface area (Å²) >= 11 is 0. The summed E-state index contributed by atoms with van der Waals surface area (Å²) in [7, 11) is 2.51. The number of fused-ring (bicyclic) bond motifs is 1. The van der Waals surface area contributed by atoms with Gasteiger partial charge >= 0.3 is 11.9 Å². The van der Waals surface area contributed by atoms with Crippen molar-refractivity contribution in [3.63, 3.8) is 0 Å². The highest BCUT2D eigenvalue weighted by Crippen LogP contribution is 2.27. The maximum Gasteiger partial charge on any atom is 0.324 e. The molecule has 2 aromatic carbocycles. The minimum absolute atomic E-state index is 0.594. The van der Waals surface area contributed by atoms with E-state index in [0.717, 1.165) is 10.8 Å². The molecule has 0 fully saturated rings. The molecule has 19 heavy (non-hydrogen) atoms. The Morgan fingerprint density at radius 3 is 2.11 bits per heavy atom. The molecule has 98 valence electrons. The molecule has 0 aliphatic heterocycles. The predicted molar refractivity (Wildman–Crippen MR) is 70.7 cm³/mol. The maximum absolute atomic E-state index is 11.8. The van der Waals surface area contributed by atoms with Crippen molar-refractivity contribution in [3.8, 4) is 0 Å². The Morgan fingerprint density at radius 1 is 0.895 bits per heavy atom. The Morgan fingerprint density at radius 2 is 1.47 bits per heavy atom. The van der Waals surface area contributed by atoms with E-state index in [1.54, 1.807) is 12.1 Å². The second kappa shape index (κ2) is 5.52. The number of ether oxygens (including phenoxy) is 2. The first-order chi connectivity index (χ1) is 9.19. The average Bonchev–Trinajstić information content (AvgIpc) is 2.47. The van der Waals surface area contributed by atoms with Crippen LogP contribution in [0.15, 0.2) is 42.5 Å². The van der Waals surface area contributed by atoms with Crippen LogP contribution in [0.3, 0.4) is 0 Å². The molecule has 0 spiro atoms. The largest absolute Gasteiger partial charge is 0.468 e. The van der Waals surface area contributed by atoms with Crippen molar-refractivity contribution in [2.45, 2.75) is 5.92 Å². The molecule has 0 aromatic heterocycles. The van der Waals surface area contributed by atoms with Crippen LogP contribution >= 0.6 is 0 Å². The number of carbonyl (C=O) groups is 2. The van der Waals surface area contributed by atoms with E-state index in [2.05, 4.69) is 0 Å². The van der Waals surface area contributed by atoms with E-state index < -0.39 is 17.9 Å². The van der Waals surface area contributed by atoms with Crippen molar-refractivity contribution < 1.29 is 19.1 Å². The van der Waals surface area contributed by atoms with Crippen LogP contribution in [-0.4, -0.2) is 26.2 Å². The number of benzene rings is 2. The first-order valence-corrected chi connectivity index (χ1v) is 5.82. The Balaban J connectivity index is 2.62. The highest BCUT2D eigenvalue weighted by molar-refractivity contribution is 6.04. The van der Waals surface area contributed by atoms with Crippen LogP contribution in [0.25, 0.3) is 10.8 Å². The summed E-state index contributed by atoms with van der Waals surface area (Å²) in [5.74, 6) is -2.30. The summed E-state index contributed by atoms with van der Waals surface area (Å²) in [6.07, 6.45) is 0. The maximum atomic E-state index is 11.8. The van der Waals surface area contributed by atoms with Gasteiger partial charge in [0.1, 0.15) is 0 Å². The average molecular weight is 258 g/mol. The van der Waals surface area contributed by atoms with Gasteiger partial charge < -0.3 is 9.47 Å². The summed E-state index contributed by atoms with van der Waals surface area (Å²) in [5.41, 5.74) is 0.594. The van der Waals surface area contributed by atoms with Crippen molar-refractivity contribution in [2.24, 2.45) is 0 Å². The Kier molecular flexibility index (Phi) is 3.80. The van der Waals surface area contributed by atoms with Gasteiger partial charge in [-0.2, -0.15) is 0 Å². The third-order valence-electron chi connectivity index (χ3n) is 3.01. The van der Waals surface area contributed by atoms with Gasteiger partial charge in [0.15, 0.2) is 5.92 Å². The Bertz CT molecular complexity index is 597. The fourth-order valence-corrected chi connectivity index (χ4v) is 2.09. The predicted octanol–water partition coefficient (Wildman–Crippen LogP) is 2.27. The van der Waals surface area contributed by atoms with Crippen LogP contribution in [-0.2, 0) is 19.1 Å². The van der Waals surface area contributed by atoms with Crippen LogP contribution in [0.2, 0.25) is 0 Å². The van der Waals surface area contributed by atoms with E-state index in [1.165, 1.54) is 14.2 Å². The van der Waals surface area contributed by atoms with Crippen LogP contribution in [0.1, 0.15) is 11.5 Å². The molecule has 0 bridgehead atoms. The molecule has 0 radical (unpaired) electrons. The highest BCUT2D eigenvalue weighted by Gasteiger charge is 2.31. The topological polar surface area (TPSA) is 52.6 Å². The lowest BCUT2D eigenvalue weighted by Gasteiger charge is -2.14. The number of hydrogen-bond donors (Lipinski definition) is 0. The molecule has 2 rings (SSSR count). The summed E-state index contributed by atoms with van der Waals surface area (Å²) in [4.78, 5) is 23.7.